The molecule has 1 spiro atoms. The van der Waals surface area contributed by atoms with Crippen molar-refractivity contribution in [3.05, 3.63) is 59.9 Å². The lowest BCUT2D eigenvalue weighted by atomic mass is 9.82. The largest absolute Gasteiger partial charge is 0.497 e. The van der Waals surface area contributed by atoms with Gasteiger partial charge in [0, 0.05) is 48.6 Å². The van der Waals surface area contributed by atoms with Gasteiger partial charge in [-0.3, -0.25) is 14.3 Å². The van der Waals surface area contributed by atoms with Crippen LogP contribution in [0.15, 0.2) is 48.7 Å². The summed E-state index contributed by atoms with van der Waals surface area (Å²) in [6, 6.07) is 13.4. The third kappa shape index (κ3) is 5.23. The van der Waals surface area contributed by atoms with Gasteiger partial charge in [-0.2, -0.15) is 0 Å². The Hall–Kier alpha value is -3.58. The highest BCUT2D eigenvalue weighted by molar-refractivity contribution is 6.91. The van der Waals surface area contributed by atoms with Crippen molar-refractivity contribution in [2.75, 3.05) is 24.4 Å². The van der Waals surface area contributed by atoms with E-state index >= 15 is 0 Å². The van der Waals surface area contributed by atoms with E-state index in [4.69, 9.17) is 9.47 Å². The number of ether oxygens (including phenoxy) is 2. The highest BCUT2D eigenvalue weighted by Gasteiger charge is 2.64. The van der Waals surface area contributed by atoms with Gasteiger partial charge in [-0.05, 0) is 49.2 Å². The number of fused-ring (bicyclic) bond motifs is 2. The number of carbonyl (C=O) groups excluding carboxylic acids is 2. The van der Waals surface area contributed by atoms with Gasteiger partial charge in [-0.15, -0.1) is 5.10 Å². The Labute approximate surface area is 246 Å². The summed E-state index contributed by atoms with van der Waals surface area (Å²) in [6.07, 6.45) is 1.42. The number of aliphatic hydroxyl groups excluding tert-OH is 2. The summed E-state index contributed by atoms with van der Waals surface area (Å²) in [7, 11) is -0.647. The molecule has 2 aliphatic heterocycles. The van der Waals surface area contributed by atoms with E-state index in [1.807, 2.05) is 18.3 Å². The summed E-state index contributed by atoms with van der Waals surface area (Å²) in [6.45, 7) is 8.66. The Bertz CT molecular complexity index is 1460. The van der Waals surface area contributed by atoms with Crippen molar-refractivity contribution >= 4 is 36.4 Å². The maximum Gasteiger partial charge on any atom is 0.261 e. The number of aromatic nitrogens is 3. The molecule has 0 radical (unpaired) electrons. The maximum absolute atomic E-state index is 13.9. The zero-order chi connectivity index (χ0) is 30.2. The molecular weight excluding hydrogens is 554 g/mol. The van der Waals surface area contributed by atoms with E-state index in [0.29, 0.717) is 36.3 Å². The Kier molecular flexibility index (Phi) is 8.25. The second-order valence-electron chi connectivity index (χ2n) is 11.8. The molecule has 12 heteroatoms. The number of benzene rings is 2. The van der Waals surface area contributed by atoms with Crippen LogP contribution in [0.3, 0.4) is 0 Å². The van der Waals surface area contributed by atoms with Crippen molar-refractivity contribution in [3.63, 3.8) is 0 Å². The molecule has 42 heavy (non-hydrogen) atoms. The fourth-order valence-corrected chi connectivity index (χ4v) is 10.7. The number of hydrogen-bond donors (Lipinski definition) is 4. The fraction of sp³-hybridized carbons (Fsp3) is 0.467. The molecule has 1 aromatic heterocycles. The molecular formula is C30H39N5O6Si. The number of nitrogens with one attached hydrogen (secondary N) is 2. The van der Waals surface area contributed by atoms with Gasteiger partial charge in [0.05, 0.1) is 27.0 Å². The molecule has 0 unspecified atom stereocenters. The number of carbonyl (C=O) groups is 2. The maximum atomic E-state index is 13.9. The highest BCUT2D eigenvalue weighted by atomic mass is 28.3. The molecule has 2 aliphatic rings. The normalized spacial score (nSPS) is 24.0. The van der Waals surface area contributed by atoms with E-state index in [-0.39, 0.29) is 30.1 Å². The molecule has 2 amide bonds. The van der Waals surface area contributed by atoms with Crippen LogP contribution in [-0.4, -0.2) is 71.0 Å². The van der Waals surface area contributed by atoms with E-state index in [1.165, 1.54) is 12.1 Å². The Morgan fingerprint density at radius 1 is 1.26 bits per heavy atom. The lowest BCUT2D eigenvalue weighted by Crippen LogP contribution is -2.51. The second-order valence-corrected chi connectivity index (χ2v) is 16.5. The van der Waals surface area contributed by atoms with Crippen LogP contribution in [0.4, 0.5) is 11.4 Å². The predicted molar refractivity (Wildman–Crippen MR) is 160 cm³/mol. The van der Waals surface area contributed by atoms with Gasteiger partial charge < -0.3 is 30.3 Å². The summed E-state index contributed by atoms with van der Waals surface area (Å²) >= 11 is 0. The summed E-state index contributed by atoms with van der Waals surface area (Å²) in [5, 5.41) is 34.4. The molecule has 5 rings (SSSR count). The summed E-state index contributed by atoms with van der Waals surface area (Å²) in [4.78, 5) is 26.1. The first-order valence-corrected chi connectivity index (χ1v) is 17.4. The quantitative estimate of drug-likeness (QED) is 0.262. The summed E-state index contributed by atoms with van der Waals surface area (Å²) < 4.78 is 14.1. The minimum Gasteiger partial charge on any atom is -0.497 e. The van der Waals surface area contributed by atoms with Crippen LogP contribution in [0.25, 0.3) is 0 Å². The first-order valence-electron chi connectivity index (χ1n) is 14.3. The average molecular weight is 594 g/mol. The van der Waals surface area contributed by atoms with E-state index in [1.54, 1.807) is 30.0 Å². The topological polar surface area (TPSA) is 148 Å². The second kappa shape index (κ2) is 11.6. The smallest absolute Gasteiger partial charge is 0.261 e. The molecule has 0 aliphatic carbocycles. The van der Waals surface area contributed by atoms with Crippen molar-refractivity contribution in [1.82, 2.24) is 15.0 Å². The zero-order valence-corrected chi connectivity index (χ0v) is 25.6. The Balaban J connectivity index is 1.54. The predicted octanol–water partition coefficient (Wildman–Crippen LogP) is 2.40. The van der Waals surface area contributed by atoms with Crippen molar-refractivity contribution in [2.45, 2.75) is 69.7 Å². The number of hydrogen-bond acceptors (Lipinski definition) is 8. The van der Waals surface area contributed by atoms with Crippen LogP contribution in [-0.2, 0) is 32.9 Å². The van der Waals surface area contributed by atoms with E-state index in [2.05, 4.69) is 53.1 Å². The third-order valence-corrected chi connectivity index (χ3v) is 13.2. The van der Waals surface area contributed by atoms with Crippen molar-refractivity contribution in [2.24, 2.45) is 5.92 Å². The number of anilines is 2. The van der Waals surface area contributed by atoms with Crippen LogP contribution in [0.1, 0.15) is 31.5 Å². The van der Waals surface area contributed by atoms with Crippen LogP contribution in [0.5, 0.6) is 5.75 Å². The average Bonchev–Trinajstić information content (AvgIpc) is 3.62. The number of methoxy groups -OCH3 is 1. The zero-order valence-electron chi connectivity index (χ0n) is 24.6. The fourth-order valence-electron chi connectivity index (χ4n) is 6.66. The monoisotopic (exact) mass is 593 g/mol. The van der Waals surface area contributed by atoms with Crippen LogP contribution in [0, 0.1) is 5.92 Å². The first-order chi connectivity index (χ1) is 20.0. The van der Waals surface area contributed by atoms with E-state index in [0.717, 1.165) is 11.4 Å². The lowest BCUT2D eigenvalue weighted by Gasteiger charge is -2.37. The van der Waals surface area contributed by atoms with Gasteiger partial charge in [0.2, 0.25) is 0 Å². The van der Waals surface area contributed by atoms with E-state index < -0.39 is 25.7 Å². The molecule has 224 valence electrons. The minimum atomic E-state index is -2.29. The summed E-state index contributed by atoms with van der Waals surface area (Å²) in [5.41, 5.74) is 1.32. The van der Waals surface area contributed by atoms with Crippen molar-refractivity contribution in [3.8, 4) is 5.75 Å². The van der Waals surface area contributed by atoms with Crippen LogP contribution >= 0.6 is 0 Å². The molecule has 1 saturated heterocycles. The molecule has 11 nitrogen and oxygen atoms in total. The van der Waals surface area contributed by atoms with Gasteiger partial charge in [-0.1, -0.05) is 42.6 Å². The van der Waals surface area contributed by atoms with Crippen LogP contribution < -0.4 is 20.6 Å². The first kappa shape index (κ1) is 29.9. The Morgan fingerprint density at radius 3 is 2.67 bits per heavy atom. The van der Waals surface area contributed by atoms with Gasteiger partial charge in [0.1, 0.15) is 11.9 Å². The van der Waals surface area contributed by atoms with Gasteiger partial charge in [0.25, 0.3) is 11.8 Å². The van der Waals surface area contributed by atoms with Gasteiger partial charge in [0.15, 0.2) is 5.60 Å². The minimum absolute atomic E-state index is 0.00235. The number of rotatable bonds is 10. The molecule has 3 aromatic rings. The highest BCUT2D eigenvalue weighted by Crippen LogP contribution is 2.58. The molecule has 5 atom stereocenters. The number of nitrogens with zero attached hydrogens (tertiary/aromatic N) is 3. The van der Waals surface area contributed by atoms with E-state index in [9.17, 15) is 19.8 Å². The third-order valence-electron chi connectivity index (χ3n) is 8.83. The molecule has 0 bridgehead atoms. The summed E-state index contributed by atoms with van der Waals surface area (Å²) in [5.74, 6) is -0.162. The van der Waals surface area contributed by atoms with Crippen molar-refractivity contribution < 1.29 is 29.3 Å². The Morgan fingerprint density at radius 2 is 2.00 bits per heavy atom. The van der Waals surface area contributed by atoms with Gasteiger partial charge in [-0.25, -0.2) is 0 Å². The van der Waals surface area contributed by atoms with Gasteiger partial charge >= 0.3 is 0 Å². The molecule has 2 aromatic carbocycles. The number of aliphatic hydroxyl groups is 2. The number of aryl methyl sites for hydroxylation is 1. The molecule has 4 N–H and O–H groups in total. The molecule has 0 saturated carbocycles. The lowest BCUT2D eigenvalue weighted by molar-refractivity contribution is -0.143. The standard InChI is InChI=1S/C30H39N5O6Si/c1-18-27(42(4,5)23-9-7-22(40-3)8-10-23)26(12-14-35-17-21(13-15-36)33-34-35)41-30(18)24-16-20(31-28(38)19(2)37)6-11-25(24)32-29(30)39/h6-11,16-19,26-27,36-37H,12-15H2,1-5H3,(H,31,38)(H,32,39)/t18-,19-,26+,27-,30+/m0/s1. The van der Waals surface area contributed by atoms with Crippen molar-refractivity contribution in [1.29, 1.82) is 0 Å². The van der Waals surface area contributed by atoms with Crippen LogP contribution in [0.2, 0.25) is 18.6 Å². The number of amides is 2. The molecule has 3 heterocycles. The molecule has 1 fully saturated rings. The SMILES string of the molecule is COc1ccc([Si](C)(C)[C@@H]2[C@@H](CCn3cc(CCO)nn3)O[C@]3(C(=O)Nc4ccc(NC(=O)[C@H](C)O)cc43)[C@H]2C)cc1.